The fourth-order valence-corrected chi connectivity index (χ4v) is 2.83. The van der Waals surface area contributed by atoms with E-state index in [2.05, 4.69) is 13.0 Å². The fourth-order valence-electron chi connectivity index (χ4n) is 2.83. The van der Waals surface area contributed by atoms with E-state index < -0.39 is 17.8 Å². The zero-order chi connectivity index (χ0) is 15.5. The molecule has 1 aromatic rings. The maximum absolute atomic E-state index is 13.0. The average Bonchev–Trinajstić information content (AvgIpc) is 2.46. The molecule has 0 saturated heterocycles. The molecule has 0 amide bonds. The van der Waals surface area contributed by atoms with Crippen LogP contribution >= 0.6 is 0 Å². The third-order valence-electron chi connectivity index (χ3n) is 4.11. The van der Waals surface area contributed by atoms with Crippen LogP contribution in [0.5, 0.6) is 5.75 Å². The molecule has 3 atom stereocenters. The Kier molecular flexibility index (Phi) is 4.76. The Bertz CT molecular complexity index is 521. The second-order valence-electron chi connectivity index (χ2n) is 5.47. The highest BCUT2D eigenvalue weighted by atomic mass is 19.4. The van der Waals surface area contributed by atoms with E-state index >= 15 is 0 Å². The highest BCUT2D eigenvalue weighted by Gasteiger charge is 2.37. The standard InChI is InChI=1S/C16H18F3NO/c1-2-11-7-8-12(10-20)15(9-11)21-14-6-4-3-5-13(14)16(17,18)19/h3-6,11-12,15H,2,7-9H2,1H3. The van der Waals surface area contributed by atoms with E-state index in [9.17, 15) is 18.4 Å². The predicted molar refractivity (Wildman–Crippen MR) is 72.6 cm³/mol. The van der Waals surface area contributed by atoms with E-state index in [1.165, 1.54) is 18.2 Å². The lowest BCUT2D eigenvalue weighted by molar-refractivity contribution is -0.139. The molecule has 1 fully saturated rings. The summed E-state index contributed by atoms with van der Waals surface area (Å²) < 4.78 is 44.5. The highest BCUT2D eigenvalue weighted by molar-refractivity contribution is 5.35. The quantitative estimate of drug-likeness (QED) is 0.802. The number of nitriles is 1. The van der Waals surface area contributed by atoms with Crippen LogP contribution in [0.2, 0.25) is 0 Å². The Hall–Kier alpha value is -1.70. The van der Waals surface area contributed by atoms with Gasteiger partial charge in [0.2, 0.25) is 0 Å². The first-order valence-electron chi connectivity index (χ1n) is 7.18. The van der Waals surface area contributed by atoms with Gasteiger partial charge in [-0.05, 0) is 37.3 Å². The van der Waals surface area contributed by atoms with Crippen LogP contribution in [0.4, 0.5) is 13.2 Å². The molecule has 2 nitrogen and oxygen atoms in total. The number of nitrogens with zero attached hydrogens (tertiary/aromatic N) is 1. The first-order valence-corrected chi connectivity index (χ1v) is 7.18. The number of para-hydroxylation sites is 1. The molecule has 0 N–H and O–H groups in total. The van der Waals surface area contributed by atoms with Crippen molar-refractivity contribution in [3.8, 4) is 11.8 Å². The second kappa shape index (κ2) is 6.38. The van der Waals surface area contributed by atoms with E-state index in [0.717, 1.165) is 18.9 Å². The van der Waals surface area contributed by atoms with Crippen molar-refractivity contribution in [3.05, 3.63) is 29.8 Å². The molecule has 0 aliphatic heterocycles. The van der Waals surface area contributed by atoms with Gasteiger partial charge in [-0.15, -0.1) is 0 Å². The molecule has 3 unspecified atom stereocenters. The van der Waals surface area contributed by atoms with Crippen molar-refractivity contribution >= 4 is 0 Å². The van der Waals surface area contributed by atoms with Crippen molar-refractivity contribution < 1.29 is 17.9 Å². The van der Waals surface area contributed by atoms with E-state index in [-0.39, 0.29) is 11.7 Å². The van der Waals surface area contributed by atoms with Gasteiger partial charge in [0.1, 0.15) is 11.9 Å². The van der Waals surface area contributed by atoms with Gasteiger partial charge < -0.3 is 4.74 Å². The monoisotopic (exact) mass is 297 g/mol. The third kappa shape index (κ3) is 3.69. The molecule has 1 aliphatic carbocycles. The minimum atomic E-state index is -4.45. The molecule has 0 spiro atoms. The molecule has 1 saturated carbocycles. The maximum atomic E-state index is 13.0. The van der Waals surface area contributed by atoms with Gasteiger partial charge in [0, 0.05) is 0 Å². The van der Waals surface area contributed by atoms with Crippen LogP contribution in [0.3, 0.4) is 0 Å². The van der Waals surface area contributed by atoms with Gasteiger partial charge in [0.25, 0.3) is 0 Å². The topological polar surface area (TPSA) is 33.0 Å². The van der Waals surface area contributed by atoms with E-state index in [0.29, 0.717) is 18.8 Å². The molecule has 2 rings (SSSR count). The number of halogens is 3. The van der Waals surface area contributed by atoms with Gasteiger partial charge in [-0.3, -0.25) is 0 Å². The molecular formula is C16H18F3NO. The number of ether oxygens (including phenoxy) is 1. The molecule has 21 heavy (non-hydrogen) atoms. The van der Waals surface area contributed by atoms with Gasteiger partial charge in [-0.25, -0.2) is 0 Å². The molecule has 5 heteroatoms. The summed E-state index contributed by atoms with van der Waals surface area (Å²) in [5, 5.41) is 9.18. The Balaban J connectivity index is 2.22. The minimum absolute atomic E-state index is 0.174. The van der Waals surface area contributed by atoms with E-state index in [1.54, 1.807) is 0 Å². The van der Waals surface area contributed by atoms with Crippen molar-refractivity contribution in [2.24, 2.45) is 11.8 Å². The number of benzene rings is 1. The summed E-state index contributed by atoms with van der Waals surface area (Å²) in [4.78, 5) is 0. The van der Waals surface area contributed by atoms with Gasteiger partial charge >= 0.3 is 6.18 Å². The van der Waals surface area contributed by atoms with E-state index in [1.807, 2.05) is 0 Å². The molecule has 114 valence electrons. The number of hydrogen-bond donors (Lipinski definition) is 0. The van der Waals surface area contributed by atoms with Crippen molar-refractivity contribution in [2.45, 2.75) is 44.9 Å². The average molecular weight is 297 g/mol. The summed E-state index contributed by atoms with van der Waals surface area (Å²) >= 11 is 0. The Morgan fingerprint density at radius 1 is 1.29 bits per heavy atom. The number of alkyl halides is 3. The van der Waals surface area contributed by atoms with Crippen molar-refractivity contribution in [3.63, 3.8) is 0 Å². The van der Waals surface area contributed by atoms with Crippen LogP contribution in [0, 0.1) is 23.2 Å². The minimum Gasteiger partial charge on any atom is -0.488 e. The smallest absolute Gasteiger partial charge is 0.419 e. The van der Waals surface area contributed by atoms with Gasteiger partial charge in [-0.1, -0.05) is 25.5 Å². The number of hydrogen-bond acceptors (Lipinski definition) is 2. The van der Waals surface area contributed by atoms with E-state index in [4.69, 9.17) is 4.74 Å². The van der Waals surface area contributed by atoms with Crippen LogP contribution in [0.15, 0.2) is 24.3 Å². The normalized spacial score (nSPS) is 26.1. The highest BCUT2D eigenvalue weighted by Crippen LogP contribution is 2.39. The van der Waals surface area contributed by atoms with Crippen molar-refractivity contribution in [2.75, 3.05) is 0 Å². The Morgan fingerprint density at radius 3 is 2.62 bits per heavy atom. The SMILES string of the molecule is CCC1CCC(C#N)C(Oc2ccccc2C(F)(F)F)C1. The Labute approximate surface area is 122 Å². The van der Waals surface area contributed by atoms with Crippen LogP contribution in [-0.4, -0.2) is 6.10 Å². The predicted octanol–water partition coefficient (Wildman–Crippen LogP) is 4.80. The summed E-state index contributed by atoms with van der Waals surface area (Å²) in [6.07, 6.45) is -1.68. The van der Waals surface area contributed by atoms with Crippen LogP contribution in [-0.2, 0) is 6.18 Å². The zero-order valence-electron chi connectivity index (χ0n) is 11.9. The third-order valence-corrected chi connectivity index (χ3v) is 4.11. The maximum Gasteiger partial charge on any atom is 0.419 e. The lowest BCUT2D eigenvalue weighted by Crippen LogP contribution is -2.33. The molecule has 0 radical (unpaired) electrons. The molecule has 1 aromatic carbocycles. The summed E-state index contributed by atoms with van der Waals surface area (Å²) in [6.45, 7) is 2.05. The molecule has 0 heterocycles. The second-order valence-corrected chi connectivity index (χ2v) is 5.47. The first kappa shape index (κ1) is 15.7. The van der Waals surface area contributed by atoms with Crippen LogP contribution in [0.25, 0.3) is 0 Å². The largest absolute Gasteiger partial charge is 0.488 e. The number of rotatable bonds is 3. The summed E-state index contributed by atoms with van der Waals surface area (Å²) in [5.41, 5.74) is -0.777. The van der Waals surface area contributed by atoms with Crippen molar-refractivity contribution in [1.82, 2.24) is 0 Å². The summed E-state index contributed by atoms with van der Waals surface area (Å²) in [5.74, 6) is -0.0984. The van der Waals surface area contributed by atoms with Gasteiger partial charge in [-0.2, -0.15) is 18.4 Å². The van der Waals surface area contributed by atoms with Gasteiger partial charge in [0.05, 0.1) is 17.6 Å². The van der Waals surface area contributed by atoms with Crippen LogP contribution in [0.1, 0.15) is 38.2 Å². The lowest BCUT2D eigenvalue weighted by atomic mass is 9.79. The van der Waals surface area contributed by atoms with Gasteiger partial charge in [0.15, 0.2) is 0 Å². The molecule has 0 bridgehead atoms. The van der Waals surface area contributed by atoms with Crippen LogP contribution < -0.4 is 4.74 Å². The fraction of sp³-hybridized carbons (Fsp3) is 0.562. The van der Waals surface area contributed by atoms with Crippen molar-refractivity contribution in [1.29, 1.82) is 5.26 Å². The molecular weight excluding hydrogens is 279 g/mol. The molecule has 1 aliphatic rings. The zero-order valence-corrected chi connectivity index (χ0v) is 11.9. The Morgan fingerprint density at radius 2 is 2.00 bits per heavy atom. The molecule has 0 aromatic heterocycles. The summed E-state index contributed by atoms with van der Waals surface area (Å²) in [7, 11) is 0. The summed E-state index contributed by atoms with van der Waals surface area (Å²) in [6, 6.07) is 7.37. The lowest BCUT2D eigenvalue weighted by Gasteiger charge is -2.33. The first-order chi connectivity index (χ1) is 9.95.